The Morgan fingerprint density at radius 3 is 3.09 bits per heavy atom. The van der Waals surface area contributed by atoms with Crippen molar-refractivity contribution in [3.8, 4) is 0 Å². The first-order valence-electron chi connectivity index (χ1n) is 3.75. The molecule has 1 rings (SSSR count). The van der Waals surface area contributed by atoms with Gasteiger partial charge in [0.15, 0.2) is 0 Å². The molecule has 1 unspecified atom stereocenters. The number of piperazine rings is 1. The van der Waals surface area contributed by atoms with Gasteiger partial charge in [0.1, 0.15) is 0 Å². The number of carbonyl (C=O) groups is 1. The molecule has 63 valence electrons. The van der Waals surface area contributed by atoms with Crippen molar-refractivity contribution in [2.75, 3.05) is 26.7 Å². The zero-order valence-electron chi connectivity index (χ0n) is 6.66. The molecule has 1 radical (unpaired) electrons. The Morgan fingerprint density at radius 2 is 2.55 bits per heavy atom. The zero-order valence-corrected chi connectivity index (χ0v) is 6.66. The number of rotatable bonds is 2. The van der Waals surface area contributed by atoms with E-state index >= 15 is 0 Å². The molecule has 0 aromatic rings. The van der Waals surface area contributed by atoms with E-state index in [-0.39, 0.29) is 12.5 Å². The Bertz CT molecular complexity index is 149. The van der Waals surface area contributed by atoms with Crippen molar-refractivity contribution in [3.63, 3.8) is 0 Å². The molecule has 4 heteroatoms. The van der Waals surface area contributed by atoms with Crippen LogP contribution in [0.5, 0.6) is 0 Å². The molecule has 1 saturated heterocycles. The van der Waals surface area contributed by atoms with Gasteiger partial charge in [-0.05, 0) is 7.05 Å². The summed E-state index contributed by atoms with van der Waals surface area (Å²) in [5.74, 6) is -0.756. The Hall–Kier alpha value is -0.610. The molecule has 0 aliphatic carbocycles. The zero-order chi connectivity index (χ0) is 8.27. The quantitative estimate of drug-likeness (QED) is 0.581. The minimum Gasteiger partial charge on any atom is -0.481 e. The van der Waals surface area contributed by atoms with Crippen molar-refractivity contribution in [1.29, 1.82) is 0 Å². The first-order chi connectivity index (χ1) is 5.18. The number of aliphatic carboxylic acids is 1. The second-order valence-electron chi connectivity index (χ2n) is 2.92. The van der Waals surface area contributed by atoms with Crippen LogP contribution in [0.3, 0.4) is 0 Å². The van der Waals surface area contributed by atoms with Gasteiger partial charge in [0.2, 0.25) is 0 Å². The van der Waals surface area contributed by atoms with Gasteiger partial charge in [0.05, 0.1) is 6.42 Å². The van der Waals surface area contributed by atoms with E-state index in [1.165, 1.54) is 0 Å². The van der Waals surface area contributed by atoms with Crippen molar-refractivity contribution in [1.82, 2.24) is 10.2 Å². The third-order valence-corrected chi connectivity index (χ3v) is 1.80. The predicted molar refractivity (Wildman–Crippen MR) is 40.5 cm³/mol. The van der Waals surface area contributed by atoms with Crippen LogP contribution < -0.4 is 5.32 Å². The molecule has 0 amide bonds. The molecule has 0 bridgehead atoms. The van der Waals surface area contributed by atoms with Crippen molar-refractivity contribution < 1.29 is 9.90 Å². The lowest BCUT2D eigenvalue weighted by molar-refractivity contribution is -0.137. The Labute approximate surface area is 66.2 Å². The van der Waals surface area contributed by atoms with Gasteiger partial charge < -0.3 is 10.0 Å². The largest absolute Gasteiger partial charge is 0.481 e. The average Bonchev–Trinajstić information content (AvgIpc) is 1.85. The third-order valence-electron chi connectivity index (χ3n) is 1.80. The standard InChI is InChI=1S/C7H13N2O2/c1-9-3-2-8-6(5-9)4-7(10)11/h6H,2-5H2,1H3,(H,10,11). The van der Waals surface area contributed by atoms with Crippen LogP contribution in [0.4, 0.5) is 0 Å². The van der Waals surface area contributed by atoms with Crippen LogP contribution in [0.15, 0.2) is 0 Å². The summed E-state index contributed by atoms with van der Waals surface area (Å²) in [5, 5.41) is 12.7. The summed E-state index contributed by atoms with van der Waals surface area (Å²) in [6.45, 7) is 2.51. The lowest BCUT2D eigenvalue weighted by Gasteiger charge is -2.28. The van der Waals surface area contributed by atoms with E-state index in [1.807, 2.05) is 7.05 Å². The second kappa shape index (κ2) is 3.69. The first kappa shape index (κ1) is 8.49. The molecular weight excluding hydrogens is 144 g/mol. The van der Waals surface area contributed by atoms with Crippen LogP contribution in [0.25, 0.3) is 0 Å². The maximum absolute atomic E-state index is 10.3. The summed E-state index contributed by atoms with van der Waals surface area (Å²) in [6, 6.07) is 0.00579. The van der Waals surface area contributed by atoms with E-state index < -0.39 is 5.97 Å². The number of likely N-dealkylation sites (N-methyl/N-ethyl adjacent to an activating group) is 1. The van der Waals surface area contributed by atoms with Gasteiger partial charge in [0, 0.05) is 25.7 Å². The van der Waals surface area contributed by atoms with E-state index in [1.54, 1.807) is 0 Å². The lowest BCUT2D eigenvalue weighted by Crippen LogP contribution is -2.45. The molecule has 1 atom stereocenters. The molecule has 1 aliphatic heterocycles. The fourth-order valence-electron chi connectivity index (χ4n) is 1.25. The molecular formula is C7H13N2O2. The lowest BCUT2D eigenvalue weighted by atomic mass is 10.1. The third kappa shape index (κ3) is 2.86. The maximum Gasteiger partial charge on any atom is 0.305 e. The van der Waals surface area contributed by atoms with Gasteiger partial charge in [-0.2, -0.15) is 0 Å². The van der Waals surface area contributed by atoms with Gasteiger partial charge in [0.25, 0.3) is 0 Å². The van der Waals surface area contributed by atoms with Crippen molar-refractivity contribution >= 4 is 5.97 Å². The fourth-order valence-corrected chi connectivity index (χ4v) is 1.25. The van der Waals surface area contributed by atoms with Crippen LogP contribution >= 0.6 is 0 Å². The highest BCUT2D eigenvalue weighted by atomic mass is 16.4. The summed E-state index contributed by atoms with van der Waals surface area (Å²) in [4.78, 5) is 12.4. The molecule has 0 aromatic carbocycles. The maximum atomic E-state index is 10.3. The van der Waals surface area contributed by atoms with Crippen LogP contribution in [0, 0.1) is 0 Å². The number of carboxylic acids is 1. The molecule has 0 spiro atoms. The van der Waals surface area contributed by atoms with Gasteiger partial charge in [-0.25, -0.2) is 5.32 Å². The van der Waals surface area contributed by atoms with Gasteiger partial charge >= 0.3 is 5.97 Å². The highest BCUT2D eigenvalue weighted by Gasteiger charge is 2.19. The van der Waals surface area contributed by atoms with E-state index in [0.717, 1.165) is 19.6 Å². The molecule has 0 saturated carbocycles. The second-order valence-corrected chi connectivity index (χ2v) is 2.92. The van der Waals surface area contributed by atoms with Crippen LogP contribution in [-0.4, -0.2) is 48.7 Å². The Kier molecular flexibility index (Phi) is 2.84. The SMILES string of the molecule is CN1CC[N]C(CC(=O)O)C1. The smallest absolute Gasteiger partial charge is 0.305 e. The van der Waals surface area contributed by atoms with E-state index in [0.29, 0.717) is 0 Å². The highest BCUT2D eigenvalue weighted by Crippen LogP contribution is 2.01. The molecule has 1 N–H and O–H groups in total. The first-order valence-corrected chi connectivity index (χ1v) is 3.75. The molecule has 11 heavy (non-hydrogen) atoms. The summed E-state index contributed by atoms with van der Waals surface area (Å²) in [6.07, 6.45) is 0.171. The summed E-state index contributed by atoms with van der Waals surface area (Å²) in [5.41, 5.74) is 0. The Morgan fingerprint density at radius 1 is 1.82 bits per heavy atom. The molecule has 1 aliphatic rings. The van der Waals surface area contributed by atoms with Crippen LogP contribution in [0.2, 0.25) is 0 Å². The fraction of sp³-hybridized carbons (Fsp3) is 0.857. The molecule has 4 nitrogen and oxygen atoms in total. The van der Waals surface area contributed by atoms with Gasteiger partial charge in [-0.15, -0.1) is 0 Å². The topological polar surface area (TPSA) is 54.6 Å². The highest BCUT2D eigenvalue weighted by molar-refractivity contribution is 5.67. The van der Waals surface area contributed by atoms with Crippen molar-refractivity contribution in [2.24, 2.45) is 0 Å². The van der Waals surface area contributed by atoms with E-state index in [4.69, 9.17) is 5.11 Å². The van der Waals surface area contributed by atoms with Gasteiger partial charge in [-0.3, -0.25) is 4.79 Å². The Balaban J connectivity index is 2.28. The number of carboxylic acid groups (broad SMARTS) is 1. The summed E-state index contributed by atoms with van der Waals surface area (Å²) in [7, 11) is 1.99. The molecule has 0 aromatic heterocycles. The predicted octanol–water partition coefficient (Wildman–Crippen LogP) is -0.621. The number of hydrogen-bond donors (Lipinski definition) is 1. The van der Waals surface area contributed by atoms with E-state index in [2.05, 4.69) is 10.2 Å². The van der Waals surface area contributed by atoms with Gasteiger partial charge in [-0.1, -0.05) is 0 Å². The monoisotopic (exact) mass is 157 g/mol. The summed E-state index contributed by atoms with van der Waals surface area (Å²) >= 11 is 0. The van der Waals surface area contributed by atoms with Crippen LogP contribution in [-0.2, 0) is 4.79 Å². The molecule has 1 heterocycles. The number of nitrogens with zero attached hydrogens (tertiary/aromatic N) is 2. The summed E-state index contributed by atoms with van der Waals surface area (Å²) < 4.78 is 0. The average molecular weight is 157 g/mol. The van der Waals surface area contributed by atoms with Crippen LogP contribution in [0.1, 0.15) is 6.42 Å². The normalized spacial score (nSPS) is 26.8. The van der Waals surface area contributed by atoms with Crippen molar-refractivity contribution in [2.45, 2.75) is 12.5 Å². The van der Waals surface area contributed by atoms with Crippen molar-refractivity contribution in [3.05, 3.63) is 0 Å². The number of hydrogen-bond acceptors (Lipinski definition) is 2. The van der Waals surface area contributed by atoms with E-state index in [9.17, 15) is 4.79 Å². The molecule has 1 fully saturated rings. The minimum atomic E-state index is -0.756. The minimum absolute atomic E-state index is 0.00579.